The fraction of sp³-hybridized carbons (Fsp3) is 0.333. The summed E-state index contributed by atoms with van der Waals surface area (Å²) in [5.74, 6) is 0.862. The number of nitrogens with two attached hydrogens (primary N) is 1. The van der Waals surface area contributed by atoms with Crippen molar-refractivity contribution in [1.29, 1.82) is 0 Å². The molecule has 1 aromatic carbocycles. The van der Waals surface area contributed by atoms with Gasteiger partial charge in [0.25, 0.3) is 0 Å². The summed E-state index contributed by atoms with van der Waals surface area (Å²) in [5.41, 5.74) is 6.91. The zero-order valence-electron chi connectivity index (χ0n) is 9.17. The molecule has 88 valence electrons. The van der Waals surface area contributed by atoms with E-state index in [2.05, 4.69) is 38.4 Å². The van der Waals surface area contributed by atoms with Crippen LogP contribution < -0.4 is 10.5 Å². The van der Waals surface area contributed by atoms with Gasteiger partial charge in [0.05, 0.1) is 0 Å². The first-order valence-electron chi connectivity index (χ1n) is 4.99. The van der Waals surface area contributed by atoms with Gasteiger partial charge in [-0.15, -0.1) is 0 Å². The SMILES string of the molecule is C=C(Br)COc1ccc(Br)cc1CC(C)N. The Hall–Kier alpha value is -0.320. The lowest BCUT2D eigenvalue weighted by Crippen LogP contribution is -2.18. The van der Waals surface area contributed by atoms with Crippen molar-refractivity contribution in [2.45, 2.75) is 19.4 Å². The van der Waals surface area contributed by atoms with Crippen LogP contribution in [0.15, 0.2) is 33.7 Å². The highest BCUT2D eigenvalue weighted by Crippen LogP contribution is 2.25. The molecule has 4 heteroatoms. The van der Waals surface area contributed by atoms with Gasteiger partial charge in [-0.1, -0.05) is 38.4 Å². The zero-order chi connectivity index (χ0) is 12.1. The van der Waals surface area contributed by atoms with Gasteiger partial charge in [-0.2, -0.15) is 0 Å². The smallest absolute Gasteiger partial charge is 0.123 e. The Morgan fingerprint density at radius 2 is 2.25 bits per heavy atom. The molecular weight excluding hydrogens is 334 g/mol. The van der Waals surface area contributed by atoms with Crippen LogP contribution in [0.25, 0.3) is 0 Å². The van der Waals surface area contributed by atoms with Crippen LogP contribution in [0, 0.1) is 0 Å². The summed E-state index contributed by atoms with van der Waals surface area (Å²) in [5, 5.41) is 0. The second-order valence-corrected chi connectivity index (χ2v) is 5.78. The maximum atomic E-state index is 5.80. The van der Waals surface area contributed by atoms with Gasteiger partial charge < -0.3 is 10.5 Å². The molecule has 16 heavy (non-hydrogen) atoms. The van der Waals surface area contributed by atoms with Crippen molar-refractivity contribution < 1.29 is 4.74 Å². The highest BCUT2D eigenvalue weighted by Gasteiger charge is 2.07. The average molecular weight is 349 g/mol. The quantitative estimate of drug-likeness (QED) is 0.881. The van der Waals surface area contributed by atoms with Crippen molar-refractivity contribution in [1.82, 2.24) is 0 Å². The maximum Gasteiger partial charge on any atom is 0.123 e. The lowest BCUT2D eigenvalue weighted by molar-refractivity contribution is 0.356. The van der Waals surface area contributed by atoms with E-state index in [0.29, 0.717) is 6.61 Å². The van der Waals surface area contributed by atoms with Crippen molar-refractivity contribution in [3.63, 3.8) is 0 Å². The van der Waals surface area contributed by atoms with E-state index >= 15 is 0 Å². The van der Waals surface area contributed by atoms with E-state index < -0.39 is 0 Å². The van der Waals surface area contributed by atoms with Gasteiger partial charge in [-0.3, -0.25) is 0 Å². The Balaban J connectivity index is 2.84. The van der Waals surface area contributed by atoms with Crippen LogP contribution in [-0.2, 0) is 6.42 Å². The summed E-state index contributed by atoms with van der Waals surface area (Å²) in [7, 11) is 0. The molecule has 2 nitrogen and oxygen atoms in total. The monoisotopic (exact) mass is 347 g/mol. The molecule has 1 aromatic rings. The Morgan fingerprint density at radius 1 is 1.56 bits per heavy atom. The number of rotatable bonds is 5. The fourth-order valence-electron chi connectivity index (χ4n) is 1.35. The highest BCUT2D eigenvalue weighted by molar-refractivity contribution is 9.11. The van der Waals surface area contributed by atoms with Crippen molar-refractivity contribution in [3.05, 3.63) is 39.3 Å². The van der Waals surface area contributed by atoms with Crippen molar-refractivity contribution in [2.24, 2.45) is 5.73 Å². The van der Waals surface area contributed by atoms with Gasteiger partial charge in [-0.25, -0.2) is 0 Å². The minimum absolute atomic E-state index is 0.115. The van der Waals surface area contributed by atoms with Crippen molar-refractivity contribution in [2.75, 3.05) is 6.61 Å². The number of hydrogen-bond acceptors (Lipinski definition) is 2. The Kier molecular flexibility index (Phi) is 5.52. The second-order valence-electron chi connectivity index (χ2n) is 3.74. The van der Waals surface area contributed by atoms with E-state index in [1.165, 1.54) is 0 Å². The number of benzene rings is 1. The summed E-state index contributed by atoms with van der Waals surface area (Å²) in [6.07, 6.45) is 0.795. The minimum Gasteiger partial charge on any atom is -0.488 e. The molecule has 0 heterocycles. The Morgan fingerprint density at radius 3 is 2.81 bits per heavy atom. The summed E-state index contributed by atoms with van der Waals surface area (Å²) >= 11 is 6.71. The van der Waals surface area contributed by atoms with E-state index in [-0.39, 0.29) is 6.04 Å². The molecule has 0 aromatic heterocycles. The van der Waals surface area contributed by atoms with Crippen LogP contribution in [-0.4, -0.2) is 12.6 Å². The van der Waals surface area contributed by atoms with Gasteiger partial charge in [0.1, 0.15) is 12.4 Å². The molecule has 0 saturated heterocycles. The third kappa shape index (κ3) is 4.68. The van der Waals surface area contributed by atoms with E-state index in [1.807, 2.05) is 25.1 Å². The molecule has 0 spiro atoms. The molecule has 1 unspecified atom stereocenters. The molecule has 0 saturated carbocycles. The first-order chi connectivity index (χ1) is 7.49. The molecule has 0 bridgehead atoms. The van der Waals surface area contributed by atoms with Gasteiger partial charge in [0.15, 0.2) is 0 Å². The summed E-state index contributed by atoms with van der Waals surface area (Å²) < 4.78 is 7.49. The molecule has 0 fully saturated rings. The lowest BCUT2D eigenvalue weighted by Gasteiger charge is -2.13. The van der Waals surface area contributed by atoms with E-state index in [9.17, 15) is 0 Å². The lowest BCUT2D eigenvalue weighted by atomic mass is 10.1. The van der Waals surface area contributed by atoms with E-state index in [4.69, 9.17) is 10.5 Å². The number of ether oxygens (including phenoxy) is 1. The van der Waals surface area contributed by atoms with Crippen LogP contribution in [0.1, 0.15) is 12.5 Å². The third-order valence-electron chi connectivity index (χ3n) is 1.95. The molecule has 0 amide bonds. The van der Waals surface area contributed by atoms with Crippen LogP contribution in [0.3, 0.4) is 0 Å². The molecule has 1 rings (SSSR count). The summed E-state index contributed by atoms with van der Waals surface area (Å²) in [4.78, 5) is 0. The molecule has 1 atom stereocenters. The second kappa shape index (κ2) is 6.42. The number of hydrogen-bond donors (Lipinski definition) is 1. The molecule has 2 N–H and O–H groups in total. The topological polar surface area (TPSA) is 35.2 Å². The summed E-state index contributed by atoms with van der Waals surface area (Å²) in [6.45, 7) is 6.18. The van der Waals surface area contributed by atoms with E-state index in [0.717, 1.165) is 26.7 Å². The van der Waals surface area contributed by atoms with Crippen molar-refractivity contribution in [3.8, 4) is 5.75 Å². The van der Waals surface area contributed by atoms with Gasteiger partial charge in [0, 0.05) is 15.0 Å². The molecule has 0 aliphatic carbocycles. The highest BCUT2D eigenvalue weighted by atomic mass is 79.9. The minimum atomic E-state index is 0.115. The fourth-order valence-corrected chi connectivity index (χ4v) is 1.87. The van der Waals surface area contributed by atoms with Crippen LogP contribution in [0.2, 0.25) is 0 Å². The Bertz CT molecular complexity index is 377. The number of halogens is 2. The van der Waals surface area contributed by atoms with Crippen LogP contribution >= 0.6 is 31.9 Å². The standard InChI is InChI=1S/C12H15Br2NO/c1-8(13)7-16-12-4-3-11(14)6-10(12)5-9(2)15/h3-4,6,9H,1,5,7,15H2,2H3. The zero-order valence-corrected chi connectivity index (χ0v) is 12.3. The first kappa shape index (κ1) is 13.7. The predicted octanol–water partition coefficient (Wildman–Crippen LogP) is 3.63. The van der Waals surface area contributed by atoms with E-state index in [1.54, 1.807) is 0 Å². The van der Waals surface area contributed by atoms with Crippen LogP contribution in [0.4, 0.5) is 0 Å². The third-order valence-corrected chi connectivity index (χ3v) is 2.67. The summed E-state index contributed by atoms with van der Waals surface area (Å²) in [6, 6.07) is 6.05. The van der Waals surface area contributed by atoms with Gasteiger partial charge in [0.2, 0.25) is 0 Å². The Labute approximate surface area is 113 Å². The predicted molar refractivity (Wildman–Crippen MR) is 75.1 cm³/mol. The molecule has 0 aliphatic heterocycles. The first-order valence-corrected chi connectivity index (χ1v) is 6.57. The normalized spacial score (nSPS) is 12.2. The van der Waals surface area contributed by atoms with Gasteiger partial charge >= 0.3 is 0 Å². The molecular formula is C12H15Br2NO. The maximum absolute atomic E-state index is 5.80. The van der Waals surface area contributed by atoms with Crippen molar-refractivity contribution >= 4 is 31.9 Å². The van der Waals surface area contributed by atoms with Crippen LogP contribution in [0.5, 0.6) is 5.75 Å². The van der Waals surface area contributed by atoms with Gasteiger partial charge in [-0.05, 0) is 37.1 Å². The molecule has 0 radical (unpaired) electrons. The average Bonchev–Trinajstić information content (AvgIpc) is 2.15. The largest absolute Gasteiger partial charge is 0.488 e. The molecule has 0 aliphatic rings.